The third-order valence-electron chi connectivity index (χ3n) is 3.91. The van der Waals surface area contributed by atoms with Gasteiger partial charge in [-0.3, -0.25) is 0 Å². The van der Waals surface area contributed by atoms with Gasteiger partial charge in [-0.1, -0.05) is 35.5 Å². The van der Waals surface area contributed by atoms with Gasteiger partial charge >= 0.3 is 0 Å². The molecule has 27 heavy (non-hydrogen) atoms. The van der Waals surface area contributed by atoms with Crippen molar-refractivity contribution in [2.75, 3.05) is 0 Å². The Balaban J connectivity index is 1.86. The largest absolute Gasteiger partial charge is 0.334 e. The molecule has 1 aromatic heterocycles. The van der Waals surface area contributed by atoms with Gasteiger partial charge in [-0.05, 0) is 57.0 Å². The number of nitrogens with one attached hydrogen (secondary N) is 1. The maximum absolute atomic E-state index is 12.5. The van der Waals surface area contributed by atoms with E-state index in [0.717, 1.165) is 11.1 Å². The predicted octanol–water partition coefficient (Wildman–Crippen LogP) is 3.71. The normalized spacial score (nSPS) is 12.3. The summed E-state index contributed by atoms with van der Waals surface area (Å²) in [6.07, 6.45) is 0.555. The lowest BCUT2D eigenvalue weighted by Gasteiger charge is -2.20. The minimum Gasteiger partial charge on any atom is -0.334 e. The lowest BCUT2D eigenvalue weighted by atomic mass is 10.1. The first-order chi connectivity index (χ1) is 12.6. The molecule has 0 spiro atoms. The third-order valence-corrected chi connectivity index (χ3v) is 5.67. The Morgan fingerprint density at radius 3 is 2.52 bits per heavy atom. The van der Waals surface area contributed by atoms with Crippen LogP contribution in [0, 0.1) is 6.92 Å². The molecule has 142 valence electrons. The van der Waals surface area contributed by atoms with Gasteiger partial charge in [0.15, 0.2) is 5.82 Å². The zero-order chi connectivity index (χ0) is 19.7. The van der Waals surface area contributed by atoms with E-state index in [1.807, 2.05) is 31.2 Å². The van der Waals surface area contributed by atoms with Crippen molar-refractivity contribution in [1.82, 2.24) is 14.9 Å². The first kappa shape index (κ1) is 19.3. The van der Waals surface area contributed by atoms with Crippen LogP contribution in [0.25, 0.3) is 11.5 Å². The highest BCUT2D eigenvalue weighted by molar-refractivity contribution is 7.89. The molecule has 1 heterocycles. The second kappa shape index (κ2) is 7.25. The van der Waals surface area contributed by atoms with Crippen molar-refractivity contribution < 1.29 is 12.9 Å². The molecule has 0 aliphatic heterocycles. The number of hydrogen-bond acceptors (Lipinski definition) is 5. The molecule has 0 bridgehead atoms. The van der Waals surface area contributed by atoms with Crippen LogP contribution in [-0.2, 0) is 16.4 Å². The zero-order valence-corrected chi connectivity index (χ0v) is 16.7. The lowest BCUT2D eigenvalue weighted by Crippen LogP contribution is -2.40. The highest BCUT2D eigenvalue weighted by Crippen LogP contribution is 2.23. The summed E-state index contributed by atoms with van der Waals surface area (Å²) >= 11 is 0. The molecule has 6 nitrogen and oxygen atoms in total. The molecular weight excluding hydrogens is 362 g/mol. The Morgan fingerprint density at radius 1 is 1.07 bits per heavy atom. The molecule has 2 aromatic carbocycles. The van der Waals surface area contributed by atoms with Crippen LogP contribution in [0.5, 0.6) is 0 Å². The Labute approximate surface area is 159 Å². The topological polar surface area (TPSA) is 85.1 Å². The van der Waals surface area contributed by atoms with Crippen LogP contribution < -0.4 is 4.72 Å². The number of aromatic nitrogens is 2. The lowest BCUT2D eigenvalue weighted by molar-refractivity contribution is 0.424. The Kier molecular flexibility index (Phi) is 5.17. The number of sulfonamides is 1. The van der Waals surface area contributed by atoms with Crippen molar-refractivity contribution in [3.8, 4) is 11.5 Å². The second-order valence-corrected chi connectivity index (χ2v) is 9.18. The molecule has 0 amide bonds. The van der Waals surface area contributed by atoms with E-state index in [1.54, 1.807) is 45.0 Å². The van der Waals surface area contributed by atoms with E-state index in [4.69, 9.17) is 4.52 Å². The molecular formula is C20H23N3O3S. The Morgan fingerprint density at radius 2 is 1.81 bits per heavy atom. The zero-order valence-electron chi connectivity index (χ0n) is 15.9. The van der Waals surface area contributed by atoms with Gasteiger partial charge in [-0.25, -0.2) is 13.1 Å². The van der Waals surface area contributed by atoms with E-state index in [2.05, 4.69) is 14.9 Å². The van der Waals surface area contributed by atoms with Crippen LogP contribution >= 0.6 is 0 Å². The van der Waals surface area contributed by atoms with Crippen LogP contribution in [0.4, 0.5) is 0 Å². The van der Waals surface area contributed by atoms with Crippen molar-refractivity contribution in [2.24, 2.45) is 0 Å². The highest BCUT2D eigenvalue weighted by Gasteiger charge is 2.23. The summed E-state index contributed by atoms with van der Waals surface area (Å²) in [5.74, 6) is 0.853. The number of hydrogen-bond donors (Lipinski definition) is 1. The minimum absolute atomic E-state index is 0.161. The molecule has 0 fully saturated rings. The van der Waals surface area contributed by atoms with Crippen LogP contribution in [0.3, 0.4) is 0 Å². The number of rotatable bonds is 5. The van der Waals surface area contributed by atoms with Gasteiger partial charge in [0.05, 0.1) is 4.90 Å². The minimum atomic E-state index is -3.64. The van der Waals surface area contributed by atoms with E-state index in [-0.39, 0.29) is 4.90 Å². The van der Waals surface area contributed by atoms with Crippen molar-refractivity contribution in [3.05, 3.63) is 65.5 Å². The molecule has 1 N–H and O–H groups in total. The summed E-state index contributed by atoms with van der Waals surface area (Å²) in [6, 6.07) is 14.5. The third kappa shape index (κ3) is 4.81. The van der Waals surface area contributed by atoms with Crippen LogP contribution in [0.2, 0.25) is 0 Å². The molecule has 0 unspecified atom stereocenters. The van der Waals surface area contributed by atoms with E-state index >= 15 is 0 Å². The van der Waals surface area contributed by atoms with Gasteiger partial charge in [0.25, 0.3) is 5.89 Å². The monoisotopic (exact) mass is 385 g/mol. The Hall–Kier alpha value is -2.51. The highest BCUT2D eigenvalue weighted by atomic mass is 32.2. The maximum atomic E-state index is 12.5. The number of benzene rings is 2. The molecule has 0 atom stereocenters. The maximum Gasteiger partial charge on any atom is 0.257 e. The SMILES string of the molecule is Cc1ccccc1Cc1noc(-c2cccc(S(=O)(=O)NC(C)(C)C)c2)n1. The van der Waals surface area contributed by atoms with Gasteiger partial charge in [0.1, 0.15) is 0 Å². The van der Waals surface area contributed by atoms with Crippen LogP contribution in [-0.4, -0.2) is 24.1 Å². The molecule has 0 saturated heterocycles. The van der Waals surface area contributed by atoms with Crippen molar-refractivity contribution in [1.29, 1.82) is 0 Å². The number of aryl methyl sites for hydroxylation is 1. The Bertz CT molecular complexity index is 1050. The van der Waals surface area contributed by atoms with Gasteiger partial charge in [-0.2, -0.15) is 4.98 Å². The van der Waals surface area contributed by atoms with Crippen LogP contribution in [0.15, 0.2) is 57.9 Å². The molecule has 3 rings (SSSR count). The quantitative estimate of drug-likeness (QED) is 0.724. The molecule has 0 aliphatic carbocycles. The standard InChI is InChI=1S/C20H23N3O3S/c1-14-8-5-6-9-15(14)13-18-21-19(26-22-18)16-10-7-11-17(12-16)27(24,25)23-20(2,3)4/h5-12,23H,13H2,1-4H3. The van der Waals surface area contributed by atoms with E-state index in [0.29, 0.717) is 23.7 Å². The fourth-order valence-corrected chi connectivity index (χ4v) is 4.14. The summed E-state index contributed by atoms with van der Waals surface area (Å²) in [5.41, 5.74) is 2.27. The predicted molar refractivity (Wildman–Crippen MR) is 104 cm³/mol. The van der Waals surface area contributed by atoms with E-state index in [9.17, 15) is 8.42 Å². The molecule has 3 aromatic rings. The summed E-state index contributed by atoms with van der Waals surface area (Å²) in [4.78, 5) is 4.58. The first-order valence-corrected chi connectivity index (χ1v) is 10.1. The van der Waals surface area contributed by atoms with Gasteiger partial charge < -0.3 is 4.52 Å². The van der Waals surface area contributed by atoms with Gasteiger partial charge in [0, 0.05) is 17.5 Å². The summed E-state index contributed by atoms with van der Waals surface area (Å²) in [6.45, 7) is 7.42. The molecule has 7 heteroatoms. The van der Waals surface area contributed by atoms with Crippen molar-refractivity contribution in [2.45, 2.75) is 44.6 Å². The van der Waals surface area contributed by atoms with Crippen LogP contribution in [0.1, 0.15) is 37.7 Å². The second-order valence-electron chi connectivity index (χ2n) is 7.50. The smallest absolute Gasteiger partial charge is 0.257 e. The molecule has 0 radical (unpaired) electrons. The average molecular weight is 385 g/mol. The summed E-state index contributed by atoms with van der Waals surface area (Å²) in [5, 5.41) is 4.03. The fraction of sp³-hybridized carbons (Fsp3) is 0.300. The fourth-order valence-electron chi connectivity index (χ4n) is 2.68. The van der Waals surface area contributed by atoms with Gasteiger partial charge in [0.2, 0.25) is 10.0 Å². The first-order valence-electron chi connectivity index (χ1n) is 8.65. The summed E-state index contributed by atoms with van der Waals surface area (Å²) < 4.78 is 33.1. The molecule has 0 saturated carbocycles. The van der Waals surface area contributed by atoms with E-state index < -0.39 is 15.6 Å². The van der Waals surface area contributed by atoms with Gasteiger partial charge in [-0.15, -0.1) is 0 Å². The molecule has 0 aliphatic rings. The van der Waals surface area contributed by atoms with E-state index in [1.165, 1.54) is 0 Å². The average Bonchev–Trinajstić information content (AvgIpc) is 3.04. The summed E-state index contributed by atoms with van der Waals surface area (Å²) in [7, 11) is -3.64. The van der Waals surface area contributed by atoms with Crippen molar-refractivity contribution in [3.63, 3.8) is 0 Å². The van der Waals surface area contributed by atoms with Crippen molar-refractivity contribution >= 4 is 10.0 Å². The number of nitrogens with zero attached hydrogens (tertiary/aromatic N) is 2.